The fourth-order valence-electron chi connectivity index (χ4n) is 2.45. The van der Waals surface area contributed by atoms with Crippen molar-refractivity contribution in [3.05, 3.63) is 52.7 Å². The van der Waals surface area contributed by atoms with E-state index in [1.165, 1.54) is 19.3 Å². The van der Waals surface area contributed by atoms with E-state index in [4.69, 9.17) is 0 Å². The molecule has 0 saturated heterocycles. The van der Waals surface area contributed by atoms with Crippen LogP contribution in [0.2, 0.25) is 0 Å². The Morgan fingerprint density at radius 3 is 2.55 bits per heavy atom. The molecule has 1 heterocycles. The Balaban J connectivity index is 2.10. The second-order valence-corrected chi connectivity index (χ2v) is 5.44. The van der Waals surface area contributed by atoms with E-state index >= 15 is 0 Å². The molecule has 0 spiro atoms. The number of para-hydroxylation sites is 1. The topological polar surface area (TPSA) is 20.3 Å². The van der Waals surface area contributed by atoms with Gasteiger partial charge >= 0.3 is 0 Å². The molecule has 2 nitrogen and oxygen atoms in total. The van der Waals surface area contributed by atoms with Gasteiger partial charge in [0.15, 0.2) is 0 Å². The zero-order valence-corrected chi connectivity index (χ0v) is 13.4. The van der Waals surface area contributed by atoms with Crippen molar-refractivity contribution in [2.75, 3.05) is 4.90 Å². The van der Waals surface area contributed by atoms with Crippen LogP contribution in [-0.2, 0) is 4.79 Å². The lowest BCUT2D eigenvalue weighted by molar-refractivity contribution is -0.113. The third-order valence-electron chi connectivity index (χ3n) is 3.51. The number of nitrogens with zero attached hydrogens (tertiary/aromatic N) is 1. The number of halogens is 1. The highest BCUT2D eigenvalue weighted by atomic mass is 79.9. The van der Waals surface area contributed by atoms with E-state index in [1.54, 1.807) is 11.0 Å². The Kier molecular flexibility index (Phi) is 5.60. The van der Waals surface area contributed by atoms with Crippen molar-refractivity contribution in [1.29, 1.82) is 0 Å². The van der Waals surface area contributed by atoms with Crippen LogP contribution < -0.4 is 4.90 Å². The van der Waals surface area contributed by atoms with Crippen LogP contribution >= 0.6 is 15.9 Å². The number of amides is 1. The quantitative estimate of drug-likeness (QED) is 0.658. The summed E-state index contributed by atoms with van der Waals surface area (Å²) in [7, 11) is 0. The molecule has 0 radical (unpaired) electrons. The Hall–Kier alpha value is -1.35. The van der Waals surface area contributed by atoms with Crippen molar-refractivity contribution in [3.63, 3.8) is 0 Å². The fourth-order valence-corrected chi connectivity index (χ4v) is 2.95. The molecule has 0 bridgehead atoms. The van der Waals surface area contributed by atoms with Crippen molar-refractivity contribution in [2.45, 2.75) is 39.0 Å². The highest BCUT2D eigenvalue weighted by molar-refractivity contribution is 9.11. The van der Waals surface area contributed by atoms with Gasteiger partial charge in [-0.15, -0.1) is 0 Å². The molecule has 1 aliphatic heterocycles. The maximum Gasteiger partial charge on any atom is 0.255 e. The summed E-state index contributed by atoms with van der Waals surface area (Å²) < 4.78 is 0. The zero-order chi connectivity index (χ0) is 14.4. The summed E-state index contributed by atoms with van der Waals surface area (Å²) in [6, 6.07) is 9.78. The normalized spacial score (nSPS) is 16.9. The van der Waals surface area contributed by atoms with Crippen molar-refractivity contribution in [1.82, 2.24) is 0 Å². The van der Waals surface area contributed by atoms with Crippen LogP contribution in [-0.4, -0.2) is 5.91 Å². The minimum absolute atomic E-state index is 0.0485. The predicted molar refractivity (Wildman–Crippen MR) is 87.8 cm³/mol. The molecule has 2 rings (SSSR count). The molecule has 1 aliphatic rings. The van der Waals surface area contributed by atoms with Crippen LogP contribution in [0.4, 0.5) is 5.69 Å². The van der Waals surface area contributed by atoms with Gasteiger partial charge in [-0.2, -0.15) is 0 Å². The zero-order valence-electron chi connectivity index (χ0n) is 11.8. The molecule has 0 saturated carbocycles. The Bertz CT molecular complexity index is 519. The van der Waals surface area contributed by atoms with Crippen LogP contribution in [0.15, 0.2) is 52.7 Å². The number of hydrogen-bond acceptors (Lipinski definition) is 1. The van der Waals surface area contributed by atoms with E-state index < -0.39 is 0 Å². The number of benzene rings is 1. The van der Waals surface area contributed by atoms with Gasteiger partial charge in [0.25, 0.3) is 5.91 Å². The van der Waals surface area contributed by atoms with E-state index in [-0.39, 0.29) is 5.91 Å². The first kappa shape index (κ1) is 15.0. The first-order valence-corrected chi connectivity index (χ1v) is 8.10. The molecular weight excluding hydrogens is 314 g/mol. The SMILES string of the molecule is CCCCCCC1=CC(=O)N(c2ccccc2)C1=CBr. The molecule has 0 aromatic heterocycles. The van der Waals surface area contributed by atoms with Gasteiger partial charge in [0.1, 0.15) is 0 Å². The van der Waals surface area contributed by atoms with Crippen molar-refractivity contribution < 1.29 is 4.79 Å². The van der Waals surface area contributed by atoms with E-state index in [0.29, 0.717) is 0 Å². The molecule has 20 heavy (non-hydrogen) atoms. The molecule has 0 fully saturated rings. The molecule has 0 aliphatic carbocycles. The second-order valence-electron chi connectivity index (χ2n) is 4.98. The van der Waals surface area contributed by atoms with Crippen LogP contribution in [0.1, 0.15) is 39.0 Å². The second kappa shape index (κ2) is 7.44. The standard InChI is InChI=1S/C17H20BrNO/c1-2-3-4-6-9-14-12-17(20)19(16(14)13-18)15-10-7-5-8-11-15/h5,7-8,10-13H,2-4,6,9H2,1H3. The number of allylic oxidation sites excluding steroid dienone is 1. The van der Waals surface area contributed by atoms with E-state index in [9.17, 15) is 4.79 Å². The Labute approximate surface area is 129 Å². The van der Waals surface area contributed by atoms with Gasteiger partial charge in [0, 0.05) is 16.7 Å². The highest BCUT2D eigenvalue weighted by Crippen LogP contribution is 2.33. The molecule has 1 aromatic rings. The molecular formula is C17H20BrNO. The monoisotopic (exact) mass is 333 g/mol. The lowest BCUT2D eigenvalue weighted by Crippen LogP contribution is -2.23. The summed E-state index contributed by atoms with van der Waals surface area (Å²) in [6.45, 7) is 2.21. The van der Waals surface area contributed by atoms with Gasteiger partial charge in [0.05, 0.1) is 5.70 Å². The van der Waals surface area contributed by atoms with E-state index in [0.717, 1.165) is 29.8 Å². The molecule has 1 aromatic carbocycles. The number of carbonyl (C=O) groups excluding carboxylic acids is 1. The van der Waals surface area contributed by atoms with Crippen LogP contribution in [0.25, 0.3) is 0 Å². The third kappa shape index (κ3) is 3.40. The third-order valence-corrected chi connectivity index (χ3v) is 3.94. The van der Waals surface area contributed by atoms with Gasteiger partial charge in [-0.05, 0) is 30.5 Å². The highest BCUT2D eigenvalue weighted by Gasteiger charge is 2.27. The minimum atomic E-state index is 0.0485. The summed E-state index contributed by atoms with van der Waals surface area (Å²) in [6.07, 6.45) is 7.59. The van der Waals surface area contributed by atoms with Crippen LogP contribution in [0.5, 0.6) is 0 Å². The average Bonchev–Trinajstić information content (AvgIpc) is 2.80. The van der Waals surface area contributed by atoms with Gasteiger partial charge in [-0.3, -0.25) is 9.69 Å². The molecule has 0 N–H and O–H groups in total. The lowest BCUT2D eigenvalue weighted by Gasteiger charge is -2.19. The first-order chi connectivity index (χ1) is 9.77. The maximum absolute atomic E-state index is 12.2. The fraction of sp³-hybridized carbons (Fsp3) is 0.353. The van der Waals surface area contributed by atoms with Crippen LogP contribution in [0, 0.1) is 0 Å². The molecule has 1 amide bonds. The molecule has 0 atom stereocenters. The minimum Gasteiger partial charge on any atom is -0.277 e. The number of anilines is 1. The Morgan fingerprint density at radius 1 is 1.15 bits per heavy atom. The smallest absolute Gasteiger partial charge is 0.255 e. The molecule has 3 heteroatoms. The van der Waals surface area contributed by atoms with Crippen molar-refractivity contribution in [2.24, 2.45) is 0 Å². The maximum atomic E-state index is 12.2. The van der Waals surface area contributed by atoms with Crippen LogP contribution in [0.3, 0.4) is 0 Å². The number of unbranched alkanes of at least 4 members (excludes halogenated alkanes) is 3. The Morgan fingerprint density at radius 2 is 1.90 bits per heavy atom. The average molecular weight is 334 g/mol. The molecule has 106 valence electrons. The summed E-state index contributed by atoms with van der Waals surface area (Å²) in [5.41, 5.74) is 3.02. The van der Waals surface area contributed by atoms with Gasteiger partial charge in [-0.25, -0.2) is 0 Å². The number of carbonyl (C=O) groups is 1. The molecule has 0 unspecified atom stereocenters. The summed E-state index contributed by atoms with van der Waals surface area (Å²) in [5, 5.41) is 0. The number of rotatable bonds is 6. The van der Waals surface area contributed by atoms with Gasteiger partial charge < -0.3 is 0 Å². The predicted octanol–water partition coefficient (Wildman–Crippen LogP) is 5.17. The van der Waals surface area contributed by atoms with Crippen molar-refractivity contribution in [3.8, 4) is 0 Å². The number of hydrogen-bond donors (Lipinski definition) is 0. The van der Waals surface area contributed by atoms with E-state index in [1.807, 2.05) is 35.3 Å². The van der Waals surface area contributed by atoms with Gasteiger partial charge in [0.2, 0.25) is 0 Å². The van der Waals surface area contributed by atoms with E-state index in [2.05, 4.69) is 22.9 Å². The first-order valence-electron chi connectivity index (χ1n) is 7.18. The summed E-state index contributed by atoms with van der Waals surface area (Å²) >= 11 is 3.41. The lowest BCUT2D eigenvalue weighted by atomic mass is 10.1. The summed E-state index contributed by atoms with van der Waals surface area (Å²) in [5.74, 6) is 0.0485. The van der Waals surface area contributed by atoms with Gasteiger partial charge in [-0.1, -0.05) is 60.3 Å². The largest absolute Gasteiger partial charge is 0.277 e. The van der Waals surface area contributed by atoms with Crippen molar-refractivity contribution >= 4 is 27.5 Å². The summed E-state index contributed by atoms with van der Waals surface area (Å²) in [4.78, 5) is 15.9.